The Balaban J connectivity index is 0.00000131. The minimum atomic E-state index is 0. The maximum atomic E-state index is 6.07. The molecule has 25 heavy (non-hydrogen) atoms. The fourth-order valence-corrected chi connectivity index (χ4v) is 2.77. The molecule has 3 aromatic heterocycles. The number of hydrogen-bond acceptors (Lipinski definition) is 6. The maximum Gasteiger partial charge on any atom is 0.166 e. The average Bonchev–Trinajstić information content (AvgIpc) is 2.98. The first-order valence-electron chi connectivity index (χ1n) is 7.95. The molecule has 7 heteroatoms. The highest BCUT2D eigenvalue weighted by Crippen LogP contribution is 2.29. The van der Waals surface area contributed by atoms with Crippen LogP contribution >= 0.6 is 0 Å². The molecule has 0 fully saturated rings. The van der Waals surface area contributed by atoms with Crippen LogP contribution in [0.2, 0.25) is 0 Å². The van der Waals surface area contributed by atoms with Crippen LogP contribution < -0.4 is 11.1 Å². The summed E-state index contributed by atoms with van der Waals surface area (Å²) < 4.78 is 1.65. The van der Waals surface area contributed by atoms with Crippen LogP contribution in [-0.2, 0) is 0 Å². The van der Waals surface area contributed by atoms with Gasteiger partial charge in [0.05, 0.1) is 11.3 Å². The number of nitrogens with two attached hydrogens (primary N) is 1. The number of rotatable bonds is 4. The van der Waals surface area contributed by atoms with Gasteiger partial charge in [0.1, 0.15) is 12.1 Å². The predicted octanol–water partition coefficient (Wildman–Crippen LogP) is 3.68. The lowest BCUT2D eigenvalue weighted by Crippen LogP contribution is -2.08. The Morgan fingerprint density at radius 1 is 1.12 bits per heavy atom. The Morgan fingerprint density at radius 3 is 2.80 bits per heavy atom. The second kappa shape index (κ2) is 6.20. The Kier molecular flexibility index (Phi) is 3.74. The number of aromatic nitrogens is 5. The number of nitrogen functional groups attached to an aromatic ring is 1. The van der Waals surface area contributed by atoms with Crippen LogP contribution in [0.15, 0.2) is 61.2 Å². The molecule has 1 aromatic carbocycles. The van der Waals surface area contributed by atoms with E-state index in [0.717, 1.165) is 5.82 Å². The Bertz CT molecular complexity index is 1020. The Labute approximate surface area is 149 Å². The van der Waals surface area contributed by atoms with Crippen LogP contribution in [0.3, 0.4) is 0 Å². The third-order valence-corrected chi connectivity index (χ3v) is 4.01. The van der Waals surface area contributed by atoms with Gasteiger partial charge in [-0.1, -0.05) is 30.3 Å². The summed E-state index contributed by atoms with van der Waals surface area (Å²) in [7, 11) is 0. The summed E-state index contributed by atoms with van der Waals surface area (Å²) in [6.45, 7) is 2.09. The van der Waals surface area contributed by atoms with Crippen molar-refractivity contribution in [2.24, 2.45) is 0 Å². The molecule has 0 saturated heterocycles. The molecule has 0 saturated carbocycles. The topological polar surface area (TPSA) is 94.0 Å². The predicted molar refractivity (Wildman–Crippen MR) is 103 cm³/mol. The number of benzene rings is 1. The van der Waals surface area contributed by atoms with Crippen molar-refractivity contribution in [1.82, 2.24) is 24.6 Å². The van der Waals surface area contributed by atoms with E-state index in [1.54, 1.807) is 23.0 Å². The van der Waals surface area contributed by atoms with Crippen molar-refractivity contribution in [1.29, 1.82) is 0 Å². The van der Waals surface area contributed by atoms with Crippen LogP contribution in [0.4, 0.5) is 11.6 Å². The fourth-order valence-electron chi connectivity index (χ4n) is 2.77. The minimum absolute atomic E-state index is 0. The van der Waals surface area contributed by atoms with Crippen molar-refractivity contribution in [3.05, 3.63) is 66.7 Å². The molecule has 0 bridgehead atoms. The molecular weight excluding hydrogens is 314 g/mol. The monoisotopic (exact) mass is 337 g/mol. The van der Waals surface area contributed by atoms with Crippen LogP contribution in [0.1, 0.15) is 22.8 Å². The molecule has 0 aliphatic carbocycles. The average molecular weight is 337 g/mol. The highest BCUT2D eigenvalue weighted by atomic mass is 15.3. The molecule has 0 aliphatic heterocycles. The van der Waals surface area contributed by atoms with Gasteiger partial charge in [-0.3, -0.25) is 0 Å². The summed E-state index contributed by atoms with van der Waals surface area (Å²) in [5, 5.41) is 7.67. The summed E-state index contributed by atoms with van der Waals surface area (Å²) in [5.41, 5.74) is 9.31. The summed E-state index contributed by atoms with van der Waals surface area (Å²) in [6.07, 6.45) is 5.03. The first kappa shape index (κ1) is 15.1. The van der Waals surface area contributed by atoms with Gasteiger partial charge in [-0.2, -0.15) is 0 Å². The van der Waals surface area contributed by atoms with Crippen LogP contribution in [-0.4, -0.2) is 24.6 Å². The van der Waals surface area contributed by atoms with Crippen molar-refractivity contribution in [2.45, 2.75) is 13.0 Å². The molecule has 0 radical (unpaired) electrons. The van der Waals surface area contributed by atoms with E-state index in [9.17, 15) is 0 Å². The lowest BCUT2D eigenvalue weighted by molar-refractivity contribution is 0.872. The number of nitrogens with one attached hydrogen (secondary N) is 1. The van der Waals surface area contributed by atoms with Gasteiger partial charge in [0, 0.05) is 28.8 Å². The highest BCUT2D eigenvalue weighted by Gasteiger charge is 2.16. The van der Waals surface area contributed by atoms with E-state index in [1.165, 1.54) is 11.9 Å². The zero-order valence-electron chi connectivity index (χ0n) is 13.7. The van der Waals surface area contributed by atoms with E-state index in [2.05, 4.69) is 44.4 Å². The molecule has 4 aromatic rings. The smallest absolute Gasteiger partial charge is 0.166 e. The van der Waals surface area contributed by atoms with Gasteiger partial charge < -0.3 is 11.1 Å². The largest absolute Gasteiger partial charge is 0.382 e. The summed E-state index contributed by atoms with van der Waals surface area (Å²) in [6, 6.07) is 14.0. The zero-order valence-corrected chi connectivity index (χ0v) is 13.7. The fraction of sp³-hybridized carbons (Fsp3) is 0.111. The van der Waals surface area contributed by atoms with Crippen LogP contribution in [0.5, 0.6) is 0 Å². The maximum absolute atomic E-state index is 6.07. The first-order valence-corrected chi connectivity index (χ1v) is 7.95. The summed E-state index contributed by atoms with van der Waals surface area (Å²) in [4.78, 5) is 13.0. The first-order chi connectivity index (χ1) is 12.2. The Morgan fingerprint density at radius 2 is 1.96 bits per heavy atom. The van der Waals surface area contributed by atoms with Gasteiger partial charge in [0.2, 0.25) is 0 Å². The van der Waals surface area contributed by atoms with Gasteiger partial charge in [0.25, 0.3) is 0 Å². The second-order valence-electron chi connectivity index (χ2n) is 5.71. The van der Waals surface area contributed by atoms with Gasteiger partial charge in [-0.15, -0.1) is 5.10 Å². The van der Waals surface area contributed by atoms with E-state index in [1.807, 2.05) is 24.3 Å². The standard InChI is InChI=1S/C18H17N7.3H2/c1-12(13-6-3-2-4-7-13)23-15-10-14(21-11-22-15)16-17(19)24-25-9-5-8-20-18(16)25;;;/h2-12H,1H3,(H2,19,24)(H,21,22,23);3*1H/t12-;;;/m0.../s1. The molecule has 0 aliphatic rings. The molecule has 3 N–H and O–H groups in total. The van der Waals surface area contributed by atoms with E-state index < -0.39 is 0 Å². The summed E-state index contributed by atoms with van der Waals surface area (Å²) in [5.74, 6) is 1.11. The normalized spacial score (nSPS) is 12.2. The lowest BCUT2D eigenvalue weighted by Gasteiger charge is -2.15. The summed E-state index contributed by atoms with van der Waals surface area (Å²) >= 11 is 0. The third-order valence-electron chi connectivity index (χ3n) is 4.01. The van der Waals surface area contributed by atoms with Crippen molar-refractivity contribution >= 4 is 17.3 Å². The van der Waals surface area contributed by atoms with Gasteiger partial charge >= 0.3 is 0 Å². The highest BCUT2D eigenvalue weighted by molar-refractivity contribution is 5.84. The molecular formula is C18H23N7. The van der Waals surface area contributed by atoms with E-state index >= 15 is 0 Å². The number of fused-ring (bicyclic) bond motifs is 1. The van der Waals surface area contributed by atoms with Crippen LogP contribution in [0, 0.1) is 0 Å². The molecule has 0 amide bonds. The van der Waals surface area contributed by atoms with Gasteiger partial charge in [-0.25, -0.2) is 19.5 Å². The number of anilines is 2. The zero-order chi connectivity index (χ0) is 17.2. The SMILES string of the molecule is C[C@H](Nc1cc(-c2c(N)nn3cccnc23)ncn1)c1ccccc1.[HH].[HH].[HH]. The van der Waals surface area contributed by atoms with Crippen molar-refractivity contribution in [3.63, 3.8) is 0 Å². The van der Waals surface area contributed by atoms with Gasteiger partial charge in [0.15, 0.2) is 11.5 Å². The van der Waals surface area contributed by atoms with Crippen molar-refractivity contribution in [3.8, 4) is 11.3 Å². The number of nitrogens with zero attached hydrogens (tertiary/aromatic N) is 5. The molecule has 130 valence electrons. The third kappa shape index (κ3) is 2.87. The van der Waals surface area contributed by atoms with Crippen molar-refractivity contribution in [2.75, 3.05) is 11.1 Å². The molecule has 1 atom stereocenters. The Hall–Kier alpha value is -3.48. The van der Waals surface area contributed by atoms with Crippen LogP contribution in [0.25, 0.3) is 16.9 Å². The molecule has 3 heterocycles. The van der Waals surface area contributed by atoms with Crippen molar-refractivity contribution < 1.29 is 4.28 Å². The quantitative estimate of drug-likeness (QED) is 0.590. The van der Waals surface area contributed by atoms with E-state index in [4.69, 9.17) is 5.73 Å². The molecule has 4 rings (SSSR count). The van der Waals surface area contributed by atoms with Gasteiger partial charge in [-0.05, 0) is 18.6 Å². The minimum Gasteiger partial charge on any atom is -0.382 e. The molecule has 0 unspecified atom stereocenters. The molecule has 0 spiro atoms. The van der Waals surface area contributed by atoms with E-state index in [-0.39, 0.29) is 10.3 Å². The number of hydrogen-bond donors (Lipinski definition) is 2. The lowest BCUT2D eigenvalue weighted by atomic mass is 10.1. The molecule has 7 nitrogen and oxygen atoms in total. The second-order valence-corrected chi connectivity index (χ2v) is 5.71. The van der Waals surface area contributed by atoms with E-state index in [0.29, 0.717) is 22.7 Å².